The van der Waals surface area contributed by atoms with Crippen LogP contribution in [0.3, 0.4) is 0 Å². The van der Waals surface area contributed by atoms with Crippen LogP contribution in [0.4, 0.5) is 5.69 Å². The second-order valence-electron chi connectivity index (χ2n) is 8.05. The minimum absolute atomic E-state index is 0.0370. The molecule has 36 heavy (non-hydrogen) atoms. The molecule has 0 aliphatic heterocycles. The summed E-state index contributed by atoms with van der Waals surface area (Å²) in [4.78, 5) is 25.2. The first kappa shape index (κ1) is 25.6. The SMILES string of the molecule is Cc1ccc(S(=O)(=O)N=C(CCNC2=CC(=O)c3ccccc3C2=O)Nc2ccc(Cl)cc2Cl)cc1. The second-order valence-corrected chi connectivity index (χ2v) is 10.5. The molecule has 2 N–H and O–H groups in total. The highest BCUT2D eigenvalue weighted by molar-refractivity contribution is 7.90. The number of nitrogens with one attached hydrogen (secondary N) is 2. The van der Waals surface area contributed by atoms with E-state index in [0.717, 1.165) is 5.56 Å². The summed E-state index contributed by atoms with van der Waals surface area (Å²) in [6.45, 7) is 1.97. The first-order valence-electron chi connectivity index (χ1n) is 10.9. The molecular formula is C26H21Cl2N3O4S. The molecule has 0 radical (unpaired) electrons. The van der Waals surface area contributed by atoms with Crippen LogP contribution in [-0.4, -0.2) is 32.4 Å². The van der Waals surface area contributed by atoms with Crippen molar-refractivity contribution in [2.75, 3.05) is 11.9 Å². The van der Waals surface area contributed by atoms with Crippen molar-refractivity contribution < 1.29 is 18.0 Å². The third-order valence-corrected chi connectivity index (χ3v) is 7.27. The topological polar surface area (TPSA) is 105 Å². The van der Waals surface area contributed by atoms with Crippen LogP contribution >= 0.6 is 23.2 Å². The van der Waals surface area contributed by atoms with E-state index in [0.29, 0.717) is 21.8 Å². The average molecular weight is 542 g/mol. The molecule has 0 unspecified atom stereocenters. The summed E-state index contributed by atoms with van der Waals surface area (Å²) in [6, 6.07) is 17.6. The molecular weight excluding hydrogens is 521 g/mol. The molecule has 0 heterocycles. The van der Waals surface area contributed by atoms with E-state index in [2.05, 4.69) is 15.0 Å². The Hall–Kier alpha value is -3.46. The molecule has 0 bridgehead atoms. The molecule has 3 aromatic carbocycles. The molecule has 3 aromatic rings. The van der Waals surface area contributed by atoms with Crippen molar-refractivity contribution in [1.82, 2.24) is 5.32 Å². The molecule has 0 saturated heterocycles. The van der Waals surface area contributed by atoms with Gasteiger partial charge in [0.15, 0.2) is 5.78 Å². The maximum atomic E-state index is 13.0. The fourth-order valence-corrected chi connectivity index (χ4v) is 5.02. The predicted octanol–water partition coefficient (Wildman–Crippen LogP) is 5.44. The molecule has 0 saturated carbocycles. The summed E-state index contributed by atoms with van der Waals surface area (Å²) in [6.07, 6.45) is 1.32. The first-order valence-corrected chi connectivity index (χ1v) is 13.1. The third kappa shape index (κ3) is 5.84. The van der Waals surface area contributed by atoms with Gasteiger partial charge in [0.05, 0.1) is 21.3 Å². The number of allylic oxidation sites excluding steroid dienone is 2. The summed E-state index contributed by atoms with van der Waals surface area (Å²) in [5, 5.41) is 6.59. The number of hydrogen-bond donors (Lipinski definition) is 2. The van der Waals surface area contributed by atoms with Crippen molar-refractivity contribution in [2.24, 2.45) is 4.40 Å². The Bertz CT molecular complexity index is 1510. The third-order valence-electron chi connectivity index (χ3n) is 5.39. The van der Waals surface area contributed by atoms with Gasteiger partial charge in [-0.3, -0.25) is 9.59 Å². The number of rotatable bonds is 7. The summed E-state index contributed by atoms with van der Waals surface area (Å²) >= 11 is 12.2. The van der Waals surface area contributed by atoms with Crippen LogP contribution in [0.1, 0.15) is 32.7 Å². The van der Waals surface area contributed by atoms with E-state index < -0.39 is 10.0 Å². The molecule has 0 aromatic heterocycles. The van der Waals surface area contributed by atoms with Gasteiger partial charge in [0.25, 0.3) is 10.0 Å². The highest BCUT2D eigenvalue weighted by Gasteiger charge is 2.25. The number of anilines is 1. The van der Waals surface area contributed by atoms with Crippen LogP contribution in [0.2, 0.25) is 10.0 Å². The van der Waals surface area contributed by atoms with Crippen LogP contribution in [0.15, 0.2) is 87.8 Å². The van der Waals surface area contributed by atoms with Crippen LogP contribution in [0.5, 0.6) is 0 Å². The van der Waals surface area contributed by atoms with Gasteiger partial charge in [0.1, 0.15) is 5.84 Å². The monoisotopic (exact) mass is 541 g/mol. The Kier molecular flexibility index (Phi) is 7.59. The molecule has 1 aliphatic carbocycles. The number of benzene rings is 3. The van der Waals surface area contributed by atoms with Crippen molar-refractivity contribution >= 4 is 56.3 Å². The fourth-order valence-electron chi connectivity index (χ4n) is 3.55. The highest BCUT2D eigenvalue weighted by atomic mass is 35.5. The molecule has 0 spiro atoms. The standard InChI is InChI=1S/C26H21Cl2N3O4S/c1-16-6-9-18(10-7-16)36(34,35)31-25(30-22-11-8-17(27)14-21(22)28)12-13-29-23-15-24(32)19-4-2-3-5-20(19)26(23)33/h2-11,14-15,29H,12-13H2,1H3,(H,30,31). The smallest absolute Gasteiger partial charge is 0.283 e. The van der Waals surface area contributed by atoms with Crippen molar-refractivity contribution in [1.29, 1.82) is 0 Å². The van der Waals surface area contributed by atoms with Crippen molar-refractivity contribution in [3.63, 3.8) is 0 Å². The number of ketones is 2. The zero-order valence-electron chi connectivity index (χ0n) is 19.1. The lowest BCUT2D eigenvalue weighted by Crippen LogP contribution is -2.29. The van der Waals surface area contributed by atoms with E-state index >= 15 is 0 Å². The Balaban J connectivity index is 1.57. The summed E-state index contributed by atoms with van der Waals surface area (Å²) < 4.78 is 29.9. The molecule has 0 fully saturated rings. The molecule has 184 valence electrons. The number of fused-ring (bicyclic) bond motifs is 1. The number of amidine groups is 1. The molecule has 4 rings (SSSR count). The minimum atomic E-state index is -4.04. The lowest BCUT2D eigenvalue weighted by molar-refractivity contribution is 0.0978. The van der Waals surface area contributed by atoms with Crippen LogP contribution in [0.25, 0.3) is 0 Å². The molecule has 0 amide bonds. The van der Waals surface area contributed by atoms with E-state index in [9.17, 15) is 18.0 Å². The zero-order valence-corrected chi connectivity index (χ0v) is 21.4. The lowest BCUT2D eigenvalue weighted by Gasteiger charge is -2.17. The Morgan fingerprint density at radius 1 is 0.944 bits per heavy atom. The van der Waals surface area contributed by atoms with Crippen LogP contribution in [-0.2, 0) is 10.0 Å². The van der Waals surface area contributed by atoms with Gasteiger partial charge in [-0.1, -0.05) is 65.2 Å². The van der Waals surface area contributed by atoms with E-state index in [4.69, 9.17) is 23.2 Å². The number of carbonyl (C=O) groups excluding carboxylic acids is 2. The maximum absolute atomic E-state index is 13.0. The van der Waals surface area contributed by atoms with Gasteiger partial charge in [-0.25, -0.2) is 0 Å². The van der Waals surface area contributed by atoms with Crippen molar-refractivity contribution in [3.8, 4) is 0 Å². The summed E-state index contributed by atoms with van der Waals surface area (Å²) in [5.74, 6) is -0.512. The first-order chi connectivity index (χ1) is 17.1. The van der Waals surface area contributed by atoms with E-state index in [1.807, 2.05) is 6.92 Å². The van der Waals surface area contributed by atoms with Crippen molar-refractivity contribution in [3.05, 3.63) is 105 Å². The van der Waals surface area contributed by atoms with E-state index in [1.54, 1.807) is 48.5 Å². The van der Waals surface area contributed by atoms with E-state index in [1.165, 1.54) is 24.3 Å². The number of Topliss-reactive ketones (excluding diaryl/α,β-unsaturated/α-hetero) is 1. The largest absolute Gasteiger partial charge is 0.381 e. The zero-order chi connectivity index (χ0) is 25.9. The highest BCUT2D eigenvalue weighted by Crippen LogP contribution is 2.26. The van der Waals surface area contributed by atoms with Gasteiger partial charge >= 0.3 is 0 Å². The van der Waals surface area contributed by atoms with Gasteiger partial charge < -0.3 is 10.6 Å². The number of nitrogens with zero attached hydrogens (tertiary/aromatic N) is 1. The number of hydrogen-bond acceptors (Lipinski definition) is 5. The minimum Gasteiger partial charge on any atom is -0.381 e. The van der Waals surface area contributed by atoms with E-state index in [-0.39, 0.29) is 46.0 Å². The predicted molar refractivity (Wildman–Crippen MR) is 142 cm³/mol. The Labute approximate surface area is 218 Å². The maximum Gasteiger partial charge on any atom is 0.283 e. The van der Waals surface area contributed by atoms with Crippen LogP contribution < -0.4 is 10.6 Å². The second kappa shape index (κ2) is 10.7. The molecule has 0 atom stereocenters. The van der Waals surface area contributed by atoms with Gasteiger partial charge in [-0.2, -0.15) is 8.42 Å². The molecule has 7 nitrogen and oxygen atoms in total. The average Bonchev–Trinajstić information content (AvgIpc) is 2.84. The fraction of sp³-hybridized carbons (Fsp3) is 0.115. The van der Waals surface area contributed by atoms with Gasteiger partial charge in [0.2, 0.25) is 5.78 Å². The van der Waals surface area contributed by atoms with Gasteiger partial charge in [-0.15, -0.1) is 4.40 Å². The summed E-state index contributed by atoms with van der Waals surface area (Å²) in [5.41, 5.74) is 2.11. The Morgan fingerprint density at radius 2 is 1.64 bits per heavy atom. The number of halogens is 2. The number of aryl methyl sites for hydroxylation is 1. The quantitative estimate of drug-likeness (QED) is 0.304. The summed E-state index contributed by atoms with van der Waals surface area (Å²) in [7, 11) is -4.04. The Morgan fingerprint density at radius 3 is 2.33 bits per heavy atom. The number of carbonyl (C=O) groups is 2. The van der Waals surface area contributed by atoms with Gasteiger partial charge in [0, 0.05) is 35.2 Å². The molecule has 1 aliphatic rings. The molecule has 10 heteroatoms. The van der Waals surface area contributed by atoms with Crippen molar-refractivity contribution in [2.45, 2.75) is 18.2 Å². The van der Waals surface area contributed by atoms with Crippen LogP contribution in [0, 0.1) is 6.92 Å². The lowest BCUT2D eigenvalue weighted by atomic mass is 9.93. The number of sulfonamides is 1. The normalized spacial score (nSPS) is 13.8. The van der Waals surface area contributed by atoms with Gasteiger partial charge in [-0.05, 0) is 37.3 Å².